The van der Waals surface area contributed by atoms with Crippen LogP contribution < -0.4 is 4.90 Å². The number of oxazole rings is 1. The Labute approximate surface area is 157 Å². The SMILES string of the molecule is Cc1ccc2oc(N3CCC(c4nc(C)nn4C4CCOC4)CC3)nc2n1. The summed E-state index contributed by atoms with van der Waals surface area (Å²) in [5.74, 6) is 2.37. The van der Waals surface area contributed by atoms with Gasteiger partial charge in [0, 0.05) is 31.3 Å². The average Bonchev–Trinajstić information content (AvgIpc) is 3.40. The molecule has 142 valence electrons. The van der Waals surface area contributed by atoms with Crippen LogP contribution >= 0.6 is 0 Å². The average molecular weight is 368 g/mol. The molecule has 0 aliphatic carbocycles. The van der Waals surface area contributed by atoms with Crippen LogP contribution in [0.2, 0.25) is 0 Å². The van der Waals surface area contributed by atoms with E-state index in [2.05, 4.69) is 24.6 Å². The first-order valence-electron chi connectivity index (χ1n) is 9.67. The predicted molar refractivity (Wildman–Crippen MR) is 100.0 cm³/mol. The van der Waals surface area contributed by atoms with Gasteiger partial charge in [-0.25, -0.2) is 14.6 Å². The van der Waals surface area contributed by atoms with Gasteiger partial charge in [-0.3, -0.25) is 0 Å². The first kappa shape index (κ1) is 16.7. The lowest BCUT2D eigenvalue weighted by Gasteiger charge is -2.30. The zero-order valence-electron chi connectivity index (χ0n) is 15.8. The van der Waals surface area contributed by atoms with Crippen LogP contribution in [0.15, 0.2) is 16.5 Å². The van der Waals surface area contributed by atoms with Crippen molar-refractivity contribution in [1.82, 2.24) is 24.7 Å². The van der Waals surface area contributed by atoms with Crippen molar-refractivity contribution in [2.75, 3.05) is 31.2 Å². The van der Waals surface area contributed by atoms with Crippen molar-refractivity contribution < 1.29 is 9.15 Å². The summed E-state index contributed by atoms with van der Waals surface area (Å²) in [7, 11) is 0. The molecule has 8 nitrogen and oxygen atoms in total. The van der Waals surface area contributed by atoms with Gasteiger partial charge in [-0.2, -0.15) is 10.1 Å². The number of ether oxygens (including phenoxy) is 1. The molecule has 2 aliphatic heterocycles. The van der Waals surface area contributed by atoms with Crippen LogP contribution in [0.4, 0.5) is 6.01 Å². The molecule has 5 rings (SSSR count). The summed E-state index contributed by atoms with van der Waals surface area (Å²) in [4.78, 5) is 16.0. The first-order valence-corrected chi connectivity index (χ1v) is 9.67. The van der Waals surface area contributed by atoms with E-state index in [1.165, 1.54) is 0 Å². The molecule has 1 unspecified atom stereocenters. The fourth-order valence-electron chi connectivity index (χ4n) is 4.07. The van der Waals surface area contributed by atoms with Gasteiger partial charge in [-0.05, 0) is 45.2 Å². The number of aromatic nitrogens is 5. The van der Waals surface area contributed by atoms with E-state index < -0.39 is 0 Å². The van der Waals surface area contributed by atoms with Gasteiger partial charge in [-0.1, -0.05) is 0 Å². The van der Waals surface area contributed by atoms with Crippen molar-refractivity contribution in [2.24, 2.45) is 0 Å². The third kappa shape index (κ3) is 3.07. The van der Waals surface area contributed by atoms with Gasteiger partial charge in [0.15, 0.2) is 5.58 Å². The number of pyridine rings is 1. The van der Waals surface area contributed by atoms with Crippen LogP contribution in [-0.2, 0) is 4.74 Å². The number of hydrogen-bond donors (Lipinski definition) is 0. The lowest BCUT2D eigenvalue weighted by molar-refractivity contribution is 0.183. The van der Waals surface area contributed by atoms with Gasteiger partial charge in [0.2, 0.25) is 5.65 Å². The van der Waals surface area contributed by atoms with E-state index in [1.54, 1.807) is 0 Å². The Bertz CT molecular complexity index is 950. The molecule has 1 atom stereocenters. The summed E-state index contributed by atoms with van der Waals surface area (Å²) in [6, 6.07) is 4.88. The third-order valence-corrected chi connectivity index (χ3v) is 5.53. The first-order chi connectivity index (χ1) is 13.2. The summed E-state index contributed by atoms with van der Waals surface area (Å²) < 4.78 is 13.6. The molecule has 0 N–H and O–H groups in total. The lowest BCUT2D eigenvalue weighted by atomic mass is 9.96. The van der Waals surface area contributed by atoms with Gasteiger partial charge in [0.25, 0.3) is 6.01 Å². The fraction of sp³-hybridized carbons (Fsp3) is 0.579. The van der Waals surface area contributed by atoms with Crippen LogP contribution in [0.1, 0.15) is 48.6 Å². The summed E-state index contributed by atoms with van der Waals surface area (Å²) in [6.07, 6.45) is 3.04. The Hall–Kier alpha value is -2.48. The maximum Gasteiger partial charge on any atom is 0.299 e. The molecule has 2 fully saturated rings. The predicted octanol–water partition coefficient (Wildman–Crippen LogP) is 2.78. The van der Waals surface area contributed by atoms with Gasteiger partial charge in [0.05, 0.1) is 12.6 Å². The van der Waals surface area contributed by atoms with Crippen molar-refractivity contribution in [3.05, 3.63) is 29.5 Å². The molecule has 0 amide bonds. The van der Waals surface area contributed by atoms with Crippen LogP contribution in [0.3, 0.4) is 0 Å². The Balaban J connectivity index is 1.32. The molecular formula is C19H24N6O2. The van der Waals surface area contributed by atoms with Crippen LogP contribution in [0.5, 0.6) is 0 Å². The smallest absolute Gasteiger partial charge is 0.299 e. The highest BCUT2D eigenvalue weighted by molar-refractivity contribution is 5.70. The Morgan fingerprint density at radius 2 is 1.89 bits per heavy atom. The zero-order valence-corrected chi connectivity index (χ0v) is 15.8. The topological polar surface area (TPSA) is 82.1 Å². The minimum atomic E-state index is 0.325. The number of hydrogen-bond acceptors (Lipinski definition) is 7. The van der Waals surface area contributed by atoms with Gasteiger partial charge in [-0.15, -0.1) is 0 Å². The maximum absolute atomic E-state index is 5.92. The van der Waals surface area contributed by atoms with Crippen molar-refractivity contribution >= 4 is 17.2 Å². The molecule has 3 aromatic heterocycles. The highest BCUT2D eigenvalue weighted by Crippen LogP contribution is 2.32. The molecule has 2 saturated heterocycles. The number of fused-ring (bicyclic) bond motifs is 1. The maximum atomic E-state index is 5.92. The summed E-state index contributed by atoms with van der Waals surface area (Å²) in [5, 5.41) is 4.65. The Morgan fingerprint density at radius 1 is 1.04 bits per heavy atom. The van der Waals surface area contributed by atoms with E-state index in [0.29, 0.717) is 23.6 Å². The van der Waals surface area contributed by atoms with Crippen molar-refractivity contribution in [3.8, 4) is 0 Å². The van der Waals surface area contributed by atoms with Crippen LogP contribution in [0, 0.1) is 13.8 Å². The zero-order chi connectivity index (χ0) is 18.4. The number of piperidine rings is 1. The number of nitrogens with zero attached hydrogens (tertiary/aromatic N) is 6. The minimum absolute atomic E-state index is 0.325. The number of rotatable bonds is 3. The van der Waals surface area contributed by atoms with Gasteiger partial charge >= 0.3 is 0 Å². The van der Waals surface area contributed by atoms with E-state index in [0.717, 1.165) is 68.5 Å². The molecule has 0 aromatic carbocycles. The molecule has 0 spiro atoms. The standard InChI is InChI=1S/C19H24N6O2/c1-12-3-4-16-17(20-12)22-19(27-16)24-8-5-14(6-9-24)18-21-13(2)23-25(18)15-7-10-26-11-15/h3-4,14-15H,5-11H2,1-2H3. The van der Waals surface area contributed by atoms with Crippen LogP contribution in [0.25, 0.3) is 11.2 Å². The van der Waals surface area contributed by atoms with Crippen molar-refractivity contribution in [2.45, 2.75) is 45.1 Å². The molecule has 3 aromatic rings. The van der Waals surface area contributed by atoms with Crippen molar-refractivity contribution in [3.63, 3.8) is 0 Å². The molecular weight excluding hydrogens is 344 g/mol. The van der Waals surface area contributed by atoms with E-state index in [1.807, 2.05) is 26.0 Å². The van der Waals surface area contributed by atoms with E-state index in [9.17, 15) is 0 Å². The van der Waals surface area contributed by atoms with E-state index in [-0.39, 0.29) is 0 Å². The van der Waals surface area contributed by atoms with Gasteiger partial charge in [0.1, 0.15) is 11.6 Å². The number of anilines is 1. The second-order valence-electron chi connectivity index (χ2n) is 7.51. The van der Waals surface area contributed by atoms with Gasteiger partial charge < -0.3 is 14.1 Å². The second-order valence-corrected chi connectivity index (χ2v) is 7.51. The lowest BCUT2D eigenvalue weighted by Crippen LogP contribution is -2.34. The summed E-state index contributed by atoms with van der Waals surface area (Å²) in [6.45, 7) is 7.27. The van der Waals surface area contributed by atoms with Crippen molar-refractivity contribution in [1.29, 1.82) is 0 Å². The highest BCUT2D eigenvalue weighted by atomic mass is 16.5. The van der Waals surface area contributed by atoms with Crippen LogP contribution in [-0.4, -0.2) is 51.0 Å². The molecule has 2 aliphatic rings. The molecule has 0 radical (unpaired) electrons. The molecule has 0 bridgehead atoms. The Kier molecular flexibility index (Phi) is 4.07. The summed E-state index contributed by atoms with van der Waals surface area (Å²) >= 11 is 0. The van der Waals surface area contributed by atoms with E-state index in [4.69, 9.17) is 14.1 Å². The molecule has 8 heteroatoms. The second kappa shape index (κ2) is 6.60. The third-order valence-electron chi connectivity index (χ3n) is 5.53. The monoisotopic (exact) mass is 368 g/mol. The van der Waals surface area contributed by atoms with E-state index >= 15 is 0 Å². The normalized spacial score (nSPS) is 21.4. The number of aryl methyl sites for hydroxylation is 2. The fourth-order valence-corrected chi connectivity index (χ4v) is 4.07. The largest absolute Gasteiger partial charge is 0.422 e. The quantitative estimate of drug-likeness (QED) is 0.703. The summed E-state index contributed by atoms with van der Waals surface area (Å²) in [5.41, 5.74) is 2.38. The molecule has 0 saturated carbocycles. The molecule has 27 heavy (non-hydrogen) atoms. The molecule has 5 heterocycles. The Morgan fingerprint density at radius 3 is 2.67 bits per heavy atom. The minimum Gasteiger partial charge on any atom is -0.422 e. The highest BCUT2D eigenvalue weighted by Gasteiger charge is 2.30.